The maximum absolute atomic E-state index is 11.8. The Kier molecular flexibility index (Phi) is 3.95. The first-order chi connectivity index (χ1) is 9.12. The lowest BCUT2D eigenvalue weighted by atomic mass is 9.89. The van der Waals surface area contributed by atoms with Crippen LogP contribution in [0.4, 0.5) is 0 Å². The number of aliphatic hydroxyl groups excluding tert-OH is 1. The first-order valence-electron chi connectivity index (χ1n) is 6.24. The van der Waals surface area contributed by atoms with E-state index in [1.165, 1.54) is 0 Å². The van der Waals surface area contributed by atoms with Crippen molar-refractivity contribution in [3.8, 4) is 11.5 Å². The number of hydrogen-bond acceptors (Lipinski definition) is 4. The van der Waals surface area contributed by atoms with E-state index in [-0.39, 0.29) is 24.5 Å². The van der Waals surface area contributed by atoms with Crippen molar-refractivity contribution in [1.29, 1.82) is 0 Å². The zero-order valence-corrected chi connectivity index (χ0v) is 11.4. The van der Waals surface area contributed by atoms with Crippen LogP contribution in [-0.4, -0.2) is 42.8 Å². The quantitative estimate of drug-likeness (QED) is 0.808. The minimum absolute atomic E-state index is 0.00855. The molecular weight excluding hydrogens is 246 g/mol. The molecule has 5 nitrogen and oxygen atoms in total. The Hall–Kier alpha value is -1.75. The molecule has 0 radical (unpaired) electrons. The Bertz CT molecular complexity index is 475. The Morgan fingerprint density at radius 2 is 2.05 bits per heavy atom. The van der Waals surface area contributed by atoms with Crippen molar-refractivity contribution in [3.63, 3.8) is 0 Å². The summed E-state index contributed by atoms with van der Waals surface area (Å²) in [5, 5.41) is 9.29. The van der Waals surface area contributed by atoms with Crippen LogP contribution < -0.4 is 9.47 Å². The fraction of sp³-hybridized carbons (Fsp3) is 0.500. The van der Waals surface area contributed by atoms with Crippen LogP contribution in [-0.2, 0) is 11.3 Å². The first-order valence-corrected chi connectivity index (χ1v) is 6.24. The van der Waals surface area contributed by atoms with Gasteiger partial charge in [-0.2, -0.15) is 0 Å². The monoisotopic (exact) mass is 265 g/mol. The summed E-state index contributed by atoms with van der Waals surface area (Å²) in [6.45, 7) is 2.28. The lowest BCUT2D eigenvalue weighted by molar-refractivity contribution is -0.158. The van der Waals surface area contributed by atoms with Crippen molar-refractivity contribution in [3.05, 3.63) is 23.8 Å². The van der Waals surface area contributed by atoms with Gasteiger partial charge in [0.05, 0.1) is 32.8 Å². The number of likely N-dealkylation sites (tertiary alicyclic amines) is 1. The molecule has 1 aromatic carbocycles. The summed E-state index contributed by atoms with van der Waals surface area (Å²) in [6, 6.07) is 5.40. The molecular formula is C14H19NO4. The predicted octanol–water partition coefficient (Wildman–Crippen LogP) is 1.04. The van der Waals surface area contributed by atoms with E-state index in [1.54, 1.807) is 25.2 Å². The summed E-state index contributed by atoms with van der Waals surface area (Å²) in [5.74, 6) is 1.36. The highest BCUT2D eigenvalue weighted by molar-refractivity contribution is 5.85. The van der Waals surface area contributed by atoms with E-state index in [4.69, 9.17) is 9.47 Å². The highest BCUT2D eigenvalue weighted by Gasteiger charge is 2.43. The predicted molar refractivity (Wildman–Crippen MR) is 70.1 cm³/mol. The van der Waals surface area contributed by atoms with Crippen LogP contribution in [0.25, 0.3) is 0 Å². The SMILES string of the molecule is COc1ccc(CN2C(=O)[C@@H](C)[C@H]2CO)c(OC)c1. The number of carbonyl (C=O) groups excluding carboxylic acids is 1. The molecule has 1 aliphatic heterocycles. The number of carbonyl (C=O) groups is 1. The van der Waals surface area contributed by atoms with E-state index >= 15 is 0 Å². The Balaban J connectivity index is 2.17. The molecule has 2 atom stereocenters. The minimum atomic E-state index is -0.103. The molecule has 1 aliphatic rings. The third kappa shape index (κ3) is 2.38. The number of aliphatic hydroxyl groups is 1. The van der Waals surface area contributed by atoms with Gasteiger partial charge < -0.3 is 19.5 Å². The summed E-state index contributed by atoms with van der Waals surface area (Å²) in [5.41, 5.74) is 0.905. The van der Waals surface area contributed by atoms with Crippen molar-refractivity contribution >= 4 is 5.91 Å². The molecule has 0 saturated carbocycles. The summed E-state index contributed by atoms with van der Waals surface area (Å²) >= 11 is 0. The molecule has 1 N–H and O–H groups in total. The van der Waals surface area contributed by atoms with Gasteiger partial charge in [-0.25, -0.2) is 0 Å². The Morgan fingerprint density at radius 1 is 1.32 bits per heavy atom. The molecule has 0 unspecified atom stereocenters. The second-order valence-corrected chi connectivity index (χ2v) is 4.68. The van der Waals surface area contributed by atoms with Crippen molar-refractivity contribution in [2.75, 3.05) is 20.8 Å². The third-order valence-electron chi connectivity index (χ3n) is 3.67. The standard InChI is InChI=1S/C14H19NO4/c1-9-12(8-16)15(14(9)17)7-10-4-5-11(18-2)6-13(10)19-3/h4-6,9,12,16H,7-8H2,1-3H3/t9-,12+/m0/s1. The van der Waals surface area contributed by atoms with Crippen molar-refractivity contribution in [2.24, 2.45) is 5.92 Å². The maximum atomic E-state index is 11.8. The van der Waals surface area contributed by atoms with E-state index in [9.17, 15) is 9.90 Å². The number of amides is 1. The van der Waals surface area contributed by atoms with Crippen LogP contribution in [0, 0.1) is 5.92 Å². The molecule has 1 amide bonds. The number of nitrogens with zero attached hydrogens (tertiary/aromatic N) is 1. The second-order valence-electron chi connectivity index (χ2n) is 4.68. The summed E-state index contributed by atoms with van der Waals surface area (Å²) in [4.78, 5) is 13.5. The molecule has 0 spiro atoms. The van der Waals surface area contributed by atoms with Crippen LogP contribution in [0.15, 0.2) is 18.2 Å². The molecule has 0 aliphatic carbocycles. The lowest BCUT2D eigenvalue weighted by Crippen LogP contribution is -2.60. The average Bonchev–Trinajstić information content (AvgIpc) is 2.46. The van der Waals surface area contributed by atoms with Gasteiger partial charge in [-0.3, -0.25) is 4.79 Å². The topological polar surface area (TPSA) is 59.0 Å². The van der Waals surface area contributed by atoms with Gasteiger partial charge in [0.15, 0.2) is 0 Å². The van der Waals surface area contributed by atoms with Crippen LogP contribution in [0.2, 0.25) is 0 Å². The fourth-order valence-electron chi connectivity index (χ4n) is 2.40. The number of hydrogen-bond donors (Lipinski definition) is 1. The van der Waals surface area contributed by atoms with Crippen LogP contribution in [0.5, 0.6) is 11.5 Å². The largest absolute Gasteiger partial charge is 0.497 e. The summed E-state index contributed by atoms with van der Waals surface area (Å²) in [6.07, 6.45) is 0. The summed E-state index contributed by atoms with van der Waals surface area (Å²) in [7, 11) is 3.18. The second kappa shape index (κ2) is 5.48. The van der Waals surface area contributed by atoms with Crippen molar-refractivity contribution < 1.29 is 19.4 Å². The van der Waals surface area contributed by atoms with Crippen LogP contribution in [0.3, 0.4) is 0 Å². The molecule has 2 rings (SSSR count). The first kappa shape index (κ1) is 13.7. The molecule has 0 aromatic heterocycles. The number of benzene rings is 1. The van der Waals surface area contributed by atoms with Crippen molar-refractivity contribution in [2.45, 2.75) is 19.5 Å². The molecule has 19 heavy (non-hydrogen) atoms. The van der Waals surface area contributed by atoms with Gasteiger partial charge >= 0.3 is 0 Å². The van der Waals surface area contributed by atoms with Gasteiger partial charge in [-0.05, 0) is 12.1 Å². The Morgan fingerprint density at radius 3 is 2.63 bits per heavy atom. The van der Waals surface area contributed by atoms with Gasteiger partial charge in [0, 0.05) is 18.2 Å². The van der Waals surface area contributed by atoms with Gasteiger partial charge in [-0.1, -0.05) is 6.92 Å². The highest BCUT2D eigenvalue weighted by atomic mass is 16.5. The zero-order chi connectivity index (χ0) is 14.0. The normalized spacial score (nSPS) is 22.1. The molecule has 104 valence electrons. The lowest BCUT2D eigenvalue weighted by Gasteiger charge is -2.45. The van der Waals surface area contributed by atoms with Crippen LogP contribution >= 0.6 is 0 Å². The van der Waals surface area contributed by atoms with E-state index in [2.05, 4.69) is 0 Å². The van der Waals surface area contributed by atoms with E-state index in [1.807, 2.05) is 19.1 Å². The molecule has 1 heterocycles. The van der Waals surface area contributed by atoms with Gasteiger partial charge in [0.1, 0.15) is 11.5 Å². The fourth-order valence-corrected chi connectivity index (χ4v) is 2.40. The maximum Gasteiger partial charge on any atom is 0.228 e. The molecule has 1 aromatic rings. The zero-order valence-electron chi connectivity index (χ0n) is 11.4. The van der Waals surface area contributed by atoms with Gasteiger partial charge in [0.25, 0.3) is 0 Å². The van der Waals surface area contributed by atoms with E-state index in [0.717, 1.165) is 5.56 Å². The molecule has 1 saturated heterocycles. The highest BCUT2D eigenvalue weighted by Crippen LogP contribution is 2.32. The van der Waals surface area contributed by atoms with Gasteiger partial charge in [-0.15, -0.1) is 0 Å². The summed E-state index contributed by atoms with van der Waals surface area (Å²) < 4.78 is 10.4. The average molecular weight is 265 g/mol. The minimum Gasteiger partial charge on any atom is -0.497 e. The number of rotatable bonds is 5. The molecule has 5 heteroatoms. The molecule has 0 bridgehead atoms. The third-order valence-corrected chi connectivity index (χ3v) is 3.67. The smallest absolute Gasteiger partial charge is 0.228 e. The van der Waals surface area contributed by atoms with E-state index < -0.39 is 0 Å². The number of β-lactam (4-membered cyclic amide) rings is 1. The Labute approximate surface area is 112 Å². The van der Waals surface area contributed by atoms with Gasteiger partial charge in [0.2, 0.25) is 5.91 Å². The van der Waals surface area contributed by atoms with E-state index in [0.29, 0.717) is 18.0 Å². The van der Waals surface area contributed by atoms with Crippen molar-refractivity contribution in [1.82, 2.24) is 4.90 Å². The number of ether oxygens (including phenoxy) is 2. The van der Waals surface area contributed by atoms with Crippen LogP contribution in [0.1, 0.15) is 12.5 Å². The number of methoxy groups -OCH3 is 2. The molecule has 1 fully saturated rings.